The van der Waals surface area contributed by atoms with Gasteiger partial charge in [0.2, 0.25) is 0 Å². The molecule has 1 atom stereocenters. The zero-order chi connectivity index (χ0) is 13.8. The van der Waals surface area contributed by atoms with Crippen LogP contribution in [0.1, 0.15) is 33.3 Å². The van der Waals surface area contributed by atoms with E-state index in [1.165, 1.54) is 25.2 Å². The molecule has 0 aromatic heterocycles. The maximum atomic E-state index is 3.21. The molecule has 1 aromatic carbocycles. The molecule has 104 valence electrons. The van der Waals surface area contributed by atoms with Gasteiger partial charge in [-0.25, -0.2) is 0 Å². The largest absolute Gasteiger partial charge is 0.317 e. The van der Waals surface area contributed by atoms with E-state index in [1.807, 2.05) is 13.1 Å². The number of rotatable bonds is 6. The van der Waals surface area contributed by atoms with Crippen molar-refractivity contribution in [3.8, 4) is 0 Å². The normalized spacial score (nSPS) is 11.9. The van der Waals surface area contributed by atoms with Gasteiger partial charge in [0.15, 0.2) is 0 Å². The molecule has 0 unspecified atom stereocenters. The Balaban J connectivity index is 0.000000360. The van der Waals surface area contributed by atoms with Crippen molar-refractivity contribution in [3.05, 3.63) is 35.9 Å². The Labute approximate surface area is 113 Å². The second-order valence-electron chi connectivity index (χ2n) is 4.50. The van der Waals surface area contributed by atoms with Crippen molar-refractivity contribution in [2.45, 2.75) is 40.2 Å². The van der Waals surface area contributed by atoms with Crippen LogP contribution in [0.5, 0.6) is 0 Å². The zero-order valence-corrected chi connectivity index (χ0v) is 12.7. The Morgan fingerprint density at radius 3 is 1.83 bits per heavy atom. The maximum Gasteiger partial charge on any atom is 0.00761 e. The Bertz CT molecular complexity index is 262. The van der Waals surface area contributed by atoms with Crippen LogP contribution < -0.4 is 5.32 Å². The first-order valence-corrected chi connectivity index (χ1v) is 7.11. The minimum atomic E-state index is 0.567. The average Bonchev–Trinajstić information content (AvgIpc) is 2.42. The molecule has 1 rings (SSSR count). The van der Waals surface area contributed by atoms with Crippen LogP contribution in [-0.2, 0) is 6.42 Å². The second-order valence-corrected chi connectivity index (χ2v) is 4.50. The molecule has 0 spiro atoms. The summed E-state index contributed by atoms with van der Waals surface area (Å²) in [5, 5.41) is 3.21. The van der Waals surface area contributed by atoms with E-state index in [1.54, 1.807) is 0 Å². The fourth-order valence-electron chi connectivity index (χ4n) is 1.74. The van der Waals surface area contributed by atoms with Gasteiger partial charge in [0.05, 0.1) is 0 Å². The summed E-state index contributed by atoms with van der Waals surface area (Å²) in [7, 11) is 1.99. The molecule has 0 aliphatic heterocycles. The Kier molecular flexibility index (Phi) is 10.7. The third-order valence-corrected chi connectivity index (χ3v) is 3.22. The molecule has 2 nitrogen and oxygen atoms in total. The average molecular weight is 250 g/mol. The SMILES string of the molecule is CCN(CC)CC.CN[C@@H](C)Cc1ccccc1. The highest BCUT2D eigenvalue weighted by molar-refractivity contribution is 5.15. The molecule has 0 aliphatic carbocycles. The molecule has 0 saturated heterocycles. The Morgan fingerprint density at radius 1 is 1.00 bits per heavy atom. The van der Waals surface area contributed by atoms with Gasteiger partial charge in [0.25, 0.3) is 0 Å². The summed E-state index contributed by atoms with van der Waals surface area (Å²) in [5.74, 6) is 0. The van der Waals surface area contributed by atoms with Crippen molar-refractivity contribution in [2.75, 3.05) is 26.7 Å². The Morgan fingerprint density at radius 2 is 1.50 bits per heavy atom. The quantitative estimate of drug-likeness (QED) is 0.834. The monoisotopic (exact) mass is 250 g/mol. The molecule has 18 heavy (non-hydrogen) atoms. The highest BCUT2D eigenvalue weighted by Crippen LogP contribution is 2.01. The fourth-order valence-corrected chi connectivity index (χ4v) is 1.74. The summed E-state index contributed by atoms with van der Waals surface area (Å²) in [6.45, 7) is 12.3. The Hall–Kier alpha value is -0.860. The smallest absolute Gasteiger partial charge is 0.00761 e. The van der Waals surface area contributed by atoms with Crippen molar-refractivity contribution in [3.63, 3.8) is 0 Å². The maximum absolute atomic E-state index is 3.21. The first kappa shape index (κ1) is 17.1. The van der Waals surface area contributed by atoms with Gasteiger partial charge in [-0.15, -0.1) is 0 Å². The number of nitrogens with zero attached hydrogens (tertiary/aromatic N) is 1. The van der Waals surface area contributed by atoms with Crippen molar-refractivity contribution < 1.29 is 0 Å². The third-order valence-electron chi connectivity index (χ3n) is 3.22. The van der Waals surface area contributed by atoms with E-state index < -0.39 is 0 Å². The molecule has 0 amide bonds. The van der Waals surface area contributed by atoms with Gasteiger partial charge in [-0.1, -0.05) is 51.1 Å². The predicted molar refractivity (Wildman–Crippen MR) is 82.1 cm³/mol. The molecular weight excluding hydrogens is 220 g/mol. The van der Waals surface area contributed by atoms with Crippen LogP contribution in [0, 0.1) is 0 Å². The highest BCUT2D eigenvalue weighted by Gasteiger charge is 1.97. The van der Waals surface area contributed by atoms with E-state index >= 15 is 0 Å². The highest BCUT2D eigenvalue weighted by atomic mass is 15.1. The lowest BCUT2D eigenvalue weighted by molar-refractivity contribution is 0.321. The topological polar surface area (TPSA) is 15.3 Å². The molecular formula is C16H30N2. The van der Waals surface area contributed by atoms with Crippen molar-refractivity contribution in [1.82, 2.24) is 10.2 Å². The third kappa shape index (κ3) is 8.26. The molecule has 0 radical (unpaired) electrons. The van der Waals surface area contributed by atoms with E-state index in [2.05, 4.69) is 62.2 Å². The summed E-state index contributed by atoms with van der Waals surface area (Å²) in [4.78, 5) is 2.38. The lowest BCUT2D eigenvalue weighted by Crippen LogP contribution is -2.23. The van der Waals surface area contributed by atoms with Crippen LogP contribution in [-0.4, -0.2) is 37.6 Å². The van der Waals surface area contributed by atoms with E-state index in [9.17, 15) is 0 Å². The van der Waals surface area contributed by atoms with Gasteiger partial charge in [0, 0.05) is 6.04 Å². The summed E-state index contributed by atoms with van der Waals surface area (Å²) < 4.78 is 0. The van der Waals surface area contributed by atoms with Gasteiger partial charge in [-0.2, -0.15) is 0 Å². The molecule has 0 fully saturated rings. The van der Waals surface area contributed by atoms with Crippen LogP contribution in [0.15, 0.2) is 30.3 Å². The molecule has 0 bridgehead atoms. The zero-order valence-electron chi connectivity index (χ0n) is 12.7. The molecule has 1 aromatic rings. The first-order valence-electron chi connectivity index (χ1n) is 7.11. The molecule has 2 heteroatoms. The van der Waals surface area contributed by atoms with Gasteiger partial charge in [-0.3, -0.25) is 0 Å². The van der Waals surface area contributed by atoms with Crippen LogP contribution in [0.3, 0.4) is 0 Å². The van der Waals surface area contributed by atoms with E-state index in [0.717, 1.165) is 6.42 Å². The van der Waals surface area contributed by atoms with Crippen LogP contribution in [0.2, 0.25) is 0 Å². The standard InChI is InChI=1S/C10H15N.C6H15N/c1-9(11-2)8-10-6-4-3-5-7-10;1-4-7(5-2)6-3/h3-7,9,11H,8H2,1-2H3;4-6H2,1-3H3/t9-;/m0./s1. The molecule has 0 aliphatic rings. The number of hydrogen-bond acceptors (Lipinski definition) is 2. The van der Waals surface area contributed by atoms with Gasteiger partial charge in [-0.05, 0) is 45.6 Å². The van der Waals surface area contributed by atoms with Crippen LogP contribution in [0.25, 0.3) is 0 Å². The van der Waals surface area contributed by atoms with Gasteiger partial charge >= 0.3 is 0 Å². The first-order chi connectivity index (χ1) is 8.67. The van der Waals surface area contributed by atoms with Crippen molar-refractivity contribution in [1.29, 1.82) is 0 Å². The number of likely N-dealkylation sites (N-methyl/N-ethyl adjacent to an activating group) is 1. The van der Waals surface area contributed by atoms with E-state index in [0.29, 0.717) is 6.04 Å². The van der Waals surface area contributed by atoms with Crippen LogP contribution >= 0.6 is 0 Å². The van der Waals surface area contributed by atoms with Crippen molar-refractivity contribution in [2.24, 2.45) is 0 Å². The van der Waals surface area contributed by atoms with E-state index in [-0.39, 0.29) is 0 Å². The fraction of sp³-hybridized carbons (Fsp3) is 0.625. The minimum Gasteiger partial charge on any atom is -0.317 e. The summed E-state index contributed by atoms with van der Waals surface area (Å²) in [6, 6.07) is 11.1. The number of benzene rings is 1. The molecule has 1 N–H and O–H groups in total. The van der Waals surface area contributed by atoms with Gasteiger partial charge < -0.3 is 10.2 Å². The van der Waals surface area contributed by atoms with Gasteiger partial charge in [0.1, 0.15) is 0 Å². The lowest BCUT2D eigenvalue weighted by atomic mass is 10.1. The van der Waals surface area contributed by atoms with Crippen LogP contribution in [0.4, 0.5) is 0 Å². The minimum absolute atomic E-state index is 0.567. The summed E-state index contributed by atoms with van der Waals surface area (Å²) >= 11 is 0. The molecule has 0 heterocycles. The van der Waals surface area contributed by atoms with E-state index in [4.69, 9.17) is 0 Å². The molecule has 0 saturated carbocycles. The number of hydrogen-bond donors (Lipinski definition) is 1. The predicted octanol–water partition coefficient (Wildman–Crippen LogP) is 3.19. The number of nitrogens with one attached hydrogen (secondary N) is 1. The second kappa shape index (κ2) is 11.2. The van der Waals surface area contributed by atoms with Crippen molar-refractivity contribution >= 4 is 0 Å². The summed E-state index contributed by atoms with van der Waals surface area (Å²) in [5.41, 5.74) is 1.40. The summed E-state index contributed by atoms with van der Waals surface area (Å²) in [6.07, 6.45) is 1.11. The lowest BCUT2D eigenvalue weighted by Gasteiger charge is -2.13.